The van der Waals surface area contributed by atoms with Gasteiger partial charge in [-0.3, -0.25) is 0 Å². The topological polar surface area (TPSA) is 93.0 Å². The van der Waals surface area contributed by atoms with Gasteiger partial charge in [-0.05, 0) is 13.3 Å². The van der Waals surface area contributed by atoms with Crippen molar-refractivity contribution in [3.8, 4) is 0 Å². The molecule has 0 saturated heterocycles. The Morgan fingerprint density at radius 3 is 1.79 bits per heavy atom. The van der Waals surface area contributed by atoms with Crippen molar-refractivity contribution >= 4 is 0 Å². The molecule has 0 spiro atoms. The number of aliphatic hydroxyl groups excluding tert-OH is 3. The summed E-state index contributed by atoms with van der Waals surface area (Å²) in [7, 11) is 0. The summed E-state index contributed by atoms with van der Waals surface area (Å²) >= 11 is 0. The highest BCUT2D eigenvalue weighted by Gasteiger charge is 2.30. The number of nitrogens with one attached hydrogen (secondary N) is 1. The minimum absolute atomic E-state index is 0.213. The van der Waals surface area contributed by atoms with Gasteiger partial charge in [0.2, 0.25) is 0 Å². The Balaban J connectivity index is 4.19. The first-order chi connectivity index (χ1) is 6.45. The molecule has 0 aromatic carbocycles. The van der Waals surface area contributed by atoms with Crippen LogP contribution in [-0.4, -0.2) is 57.9 Å². The van der Waals surface area contributed by atoms with Crippen LogP contribution in [-0.2, 0) is 0 Å². The van der Waals surface area contributed by atoms with Gasteiger partial charge in [0.05, 0.1) is 31.0 Å². The molecule has 0 aliphatic carbocycles. The maximum Gasteiger partial charge on any atom is 0.0882 e. The van der Waals surface area contributed by atoms with E-state index in [1.807, 2.05) is 6.92 Å². The largest absolute Gasteiger partial charge is 0.394 e. The fourth-order valence-corrected chi connectivity index (χ4v) is 0.821. The summed E-state index contributed by atoms with van der Waals surface area (Å²) in [6.45, 7) is 2.57. The van der Waals surface area contributed by atoms with Crippen LogP contribution in [0.1, 0.15) is 20.3 Å². The predicted molar refractivity (Wildman–Crippen MR) is 52.9 cm³/mol. The monoisotopic (exact) mass is 207 g/mol. The third-order valence-corrected chi connectivity index (χ3v) is 2.51. The van der Waals surface area contributed by atoms with E-state index < -0.39 is 11.1 Å². The molecule has 5 heteroatoms. The van der Waals surface area contributed by atoms with E-state index in [4.69, 9.17) is 15.3 Å². The van der Waals surface area contributed by atoms with E-state index in [0.717, 1.165) is 0 Å². The van der Waals surface area contributed by atoms with Gasteiger partial charge in [-0.25, -0.2) is 0 Å². The summed E-state index contributed by atoms with van der Waals surface area (Å²) < 4.78 is 0. The molecule has 1 unspecified atom stereocenters. The van der Waals surface area contributed by atoms with Crippen molar-refractivity contribution in [3.05, 3.63) is 0 Å². The Hall–Kier alpha value is -0.200. The third kappa shape index (κ3) is 3.89. The molecule has 0 fully saturated rings. The van der Waals surface area contributed by atoms with Crippen LogP contribution >= 0.6 is 0 Å². The molecule has 0 rings (SSSR count). The van der Waals surface area contributed by atoms with Crippen molar-refractivity contribution in [1.29, 1.82) is 0 Å². The van der Waals surface area contributed by atoms with Crippen LogP contribution in [0, 0.1) is 0 Å². The van der Waals surface area contributed by atoms with Gasteiger partial charge in [-0.2, -0.15) is 0 Å². The number of aliphatic hydroxyl groups is 4. The number of hydrogen-bond acceptors (Lipinski definition) is 5. The SMILES string of the molecule is CCC(C)(O)CNC(CO)(CO)CO. The molecule has 14 heavy (non-hydrogen) atoms. The fourth-order valence-electron chi connectivity index (χ4n) is 0.821. The number of β-amino-alcohol motifs (C(OH)–C–C–N with tert-alkyl or cyclic N) is 1. The van der Waals surface area contributed by atoms with Crippen LogP contribution in [0.2, 0.25) is 0 Å². The van der Waals surface area contributed by atoms with Gasteiger partial charge in [0.1, 0.15) is 0 Å². The molecule has 0 amide bonds. The second-order valence-electron chi connectivity index (χ2n) is 3.96. The lowest BCUT2D eigenvalue weighted by atomic mass is 9.99. The summed E-state index contributed by atoms with van der Waals surface area (Å²) in [6, 6.07) is 0. The Labute approximate surface area is 84.4 Å². The van der Waals surface area contributed by atoms with Crippen molar-refractivity contribution in [1.82, 2.24) is 5.32 Å². The minimum atomic E-state index is -1.11. The zero-order chi connectivity index (χ0) is 11.2. The summed E-state index contributed by atoms with van der Waals surface area (Å²) in [5.41, 5.74) is -2.01. The molecule has 0 aromatic heterocycles. The summed E-state index contributed by atoms with van der Waals surface area (Å²) in [5, 5.41) is 39.4. The van der Waals surface area contributed by atoms with Crippen LogP contribution in [0.25, 0.3) is 0 Å². The smallest absolute Gasteiger partial charge is 0.0882 e. The molecule has 0 aliphatic heterocycles. The van der Waals surface area contributed by atoms with E-state index in [-0.39, 0.29) is 26.4 Å². The first-order valence-corrected chi connectivity index (χ1v) is 4.75. The highest BCUT2D eigenvalue weighted by molar-refractivity contribution is 4.89. The van der Waals surface area contributed by atoms with Crippen LogP contribution in [0.3, 0.4) is 0 Å². The molecule has 5 nitrogen and oxygen atoms in total. The molecule has 0 bridgehead atoms. The van der Waals surface area contributed by atoms with Gasteiger partial charge in [0.15, 0.2) is 0 Å². The molecular weight excluding hydrogens is 186 g/mol. The Kier molecular flexibility index (Phi) is 5.54. The average molecular weight is 207 g/mol. The molecule has 86 valence electrons. The van der Waals surface area contributed by atoms with Gasteiger partial charge in [0, 0.05) is 6.54 Å². The van der Waals surface area contributed by atoms with E-state index in [1.54, 1.807) is 6.92 Å². The van der Waals surface area contributed by atoms with E-state index in [9.17, 15) is 5.11 Å². The highest BCUT2D eigenvalue weighted by atomic mass is 16.3. The van der Waals surface area contributed by atoms with Crippen molar-refractivity contribution in [3.63, 3.8) is 0 Å². The molecule has 0 heterocycles. The molecular formula is C9H21NO4. The first kappa shape index (κ1) is 13.8. The lowest BCUT2D eigenvalue weighted by Gasteiger charge is -2.33. The second kappa shape index (κ2) is 5.63. The Morgan fingerprint density at radius 2 is 1.50 bits per heavy atom. The van der Waals surface area contributed by atoms with Crippen LogP contribution in [0.5, 0.6) is 0 Å². The number of rotatable bonds is 7. The van der Waals surface area contributed by atoms with Crippen LogP contribution in [0.4, 0.5) is 0 Å². The van der Waals surface area contributed by atoms with E-state index in [0.29, 0.717) is 6.42 Å². The van der Waals surface area contributed by atoms with Gasteiger partial charge in [-0.15, -0.1) is 0 Å². The van der Waals surface area contributed by atoms with Gasteiger partial charge >= 0.3 is 0 Å². The third-order valence-electron chi connectivity index (χ3n) is 2.51. The first-order valence-electron chi connectivity index (χ1n) is 4.75. The summed E-state index contributed by atoms with van der Waals surface area (Å²) in [6.07, 6.45) is 0.554. The van der Waals surface area contributed by atoms with E-state index in [1.165, 1.54) is 0 Å². The predicted octanol–water partition coefficient (Wildman–Crippen LogP) is -1.55. The molecule has 1 atom stereocenters. The van der Waals surface area contributed by atoms with Gasteiger partial charge in [0.25, 0.3) is 0 Å². The minimum Gasteiger partial charge on any atom is -0.394 e. The normalized spacial score (nSPS) is 16.7. The lowest BCUT2D eigenvalue weighted by Crippen LogP contribution is -2.58. The van der Waals surface area contributed by atoms with Crippen molar-refractivity contribution in [2.45, 2.75) is 31.4 Å². The molecule has 0 radical (unpaired) electrons. The highest BCUT2D eigenvalue weighted by Crippen LogP contribution is 2.09. The fraction of sp³-hybridized carbons (Fsp3) is 1.00. The van der Waals surface area contributed by atoms with E-state index >= 15 is 0 Å². The quantitative estimate of drug-likeness (QED) is 0.349. The standard InChI is InChI=1S/C9H21NO4/c1-3-8(2,14)4-10-9(5-11,6-12)7-13/h10-14H,3-7H2,1-2H3. The molecule has 0 aromatic rings. The Bertz CT molecular complexity index is 149. The van der Waals surface area contributed by atoms with Crippen molar-refractivity contribution in [2.75, 3.05) is 26.4 Å². The zero-order valence-electron chi connectivity index (χ0n) is 8.82. The summed E-state index contributed by atoms with van der Waals surface area (Å²) in [4.78, 5) is 0. The lowest BCUT2D eigenvalue weighted by molar-refractivity contribution is 0.00566. The molecule has 0 saturated carbocycles. The van der Waals surface area contributed by atoms with Gasteiger partial charge < -0.3 is 25.7 Å². The Morgan fingerprint density at radius 1 is 1.07 bits per heavy atom. The maximum atomic E-state index is 9.67. The zero-order valence-corrected chi connectivity index (χ0v) is 8.82. The summed E-state index contributed by atoms with van der Waals surface area (Å²) in [5.74, 6) is 0. The van der Waals surface area contributed by atoms with Crippen LogP contribution in [0.15, 0.2) is 0 Å². The average Bonchev–Trinajstić information content (AvgIpc) is 2.21. The van der Waals surface area contributed by atoms with Crippen molar-refractivity contribution < 1.29 is 20.4 Å². The number of hydrogen-bond donors (Lipinski definition) is 5. The van der Waals surface area contributed by atoms with Crippen molar-refractivity contribution in [2.24, 2.45) is 0 Å². The molecule has 0 aliphatic rings. The maximum absolute atomic E-state index is 9.67. The van der Waals surface area contributed by atoms with E-state index in [2.05, 4.69) is 5.32 Å². The van der Waals surface area contributed by atoms with Gasteiger partial charge in [-0.1, -0.05) is 6.92 Å². The molecule has 5 N–H and O–H groups in total. The second-order valence-corrected chi connectivity index (χ2v) is 3.96. The van der Waals surface area contributed by atoms with Crippen LogP contribution < -0.4 is 5.32 Å².